The van der Waals surface area contributed by atoms with Crippen molar-refractivity contribution in [2.75, 3.05) is 24.3 Å². The number of anilines is 2. The standard InChI is InChI=1S/C17H27N5O2/c1-4-6-14(8-10-23)21-16-15(11-20-17(18)22-16)24-12-13(2)7-5-9-19-3/h5,7,9,11,14,23H,3-4,6,8,10,12H2,1-2H3,(H3,18,20,21,22)/b9-5-,13-7+/t14-/m0/s1. The summed E-state index contributed by atoms with van der Waals surface area (Å²) in [4.78, 5) is 11.8. The molecule has 0 fully saturated rings. The minimum atomic E-state index is 0.106. The number of aliphatic imine (C=N–C) groups is 1. The Morgan fingerprint density at radius 3 is 3.00 bits per heavy atom. The topological polar surface area (TPSA) is 106 Å². The van der Waals surface area contributed by atoms with E-state index in [-0.39, 0.29) is 18.6 Å². The van der Waals surface area contributed by atoms with Crippen LogP contribution < -0.4 is 15.8 Å². The minimum Gasteiger partial charge on any atom is -0.484 e. The SMILES string of the molecule is C=N/C=C\C=C(/C)COc1cnc(N)nc1N[C@@H](CCC)CCO. The second-order valence-corrected chi connectivity index (χ2v) is 5.41. The highest BCUT2D eigenvalue weighted by atomic mass is 16.5. The van der Waals surface area contributed by atoms with E-state index in [0.717, 1.165) is 18.4 Å². The van der Waals surface area contributed by atoms with E-state index in [4.69, 9.17) is 10.5 Å². The van der Waals surface area contributed by atoms with Crippen LogP contribution in [0.3, 0.4) is 0 Å². The summed E-state index contributed by atoms with van der Waals surface area (Å²) in [6, 6.07) is 0.106. The summed E-state index contributed by atoms with van der Waals surface area (Å²) in [6.45, 7) is 7.92. The molecule has 0 aliphatic carbocycles. The van der Waals surface area contributed by atoms with Crippen LogP contribution in [0, 0.1) is 0 Å². The number of nitrogens with zero attached hydrogens (tertiary/aromatic N) is 3. The quantitative estimate of drug-likeness (QED) is 0.424. The second kappa shape index (κ2) is 11.2. The molecular weight excluding hydrogens is 306 g/mol. The average Bonchev–Trinajstić information content (AvgIpc) is 2.55. The summed E-state index contributed by atoms with van der Waals surface area (Å²) < 4.78 is 5.79. The maximum atomic E-state index is 9.19. The highest BCUT2D eigenvalue weighted by Gasteiger charge is 2.13. The van der Waals surface area contributed by atoms with Gasteiger partial charge >= 0.3 is 0 Å². The lowest BCUT2D eigenvalue weighted by atomic mass is 10.1. The summed E-state index contributed by atoms with van der Waals surface area (Å²) in [5.41, 5.74) is 6.70. The van der Waals surface area contributed by atoms with E-state index < -0.39 is 0 Å². The largest absolute Gasteiger partial charge is 0.484 e. The second-order valence-electron chi connectivity index (χ2n) is 5.41. The van der Waals surface area contributed by atoms with Gasteiger partial charge in [-0.3, -0.25) is 4.99 Å². The van der Waals surface area contributed by atoms with Crippen molar-refractivity contribution in [1.29, 1.82) is 0 Å². The maximum Gasteiger partial charge on any atom is 0.222 e. The van der Waals surface area contributed by atoms with Crippen LogP contribution in [0.1, 0.15) is 33.1 Å². The molecule has 0 spiro atoms. The zero-order valence-corrected chi connectivity index (χ0v) is 14.4. The predicted molar refractivity (Wildman–Crippen MR) is 98.4 cm³/mol. The van der Waals surface area contributed by atoms with Crippen molar-refractivity contribution in [2.45, 2.75) is 39.2 Å². The highest BCUT2D eigenvalue weighted by molar-refractivity contribution is 5.52. The number of nitrogens with two attached hydrogens (primary N) is 1. The van der Waals surface area contributed by atoms with E-state index >= 15 is 0 Å². The first-order valence-corrected chi connectivity index (χ1v) is 8.01. The van der Waals surface area contributed by atoms with E-state index in [1.54, 1.807) is 18.5 Å². The van der Waals surface area contributed by atoms with E-state index in [2.05, 4.69) is 33.9 Å². The minimum absolute atomic E-state index is 0.106. The van der Waals surface area contributed by atoms with E-state index in [9.17, 15) is 5.11 Å². The highest BCUT2D eigenvalue weighted by Crippen LogP contribution is 2.24. The Kier molecular flexibility index (Phi) is 9.14. The van der Waals surface area contributed by atoms with Gasteiger partial charge in [0, 0.05) is 18.8 Å². The van der Waals surface area contributed by atoms with Crippen LogP contribution in [0.2, 0.25) is 0 Å². The lowest BCUT2D eigenvalue weighted by molar-refractivity contribution is 0.276. The number of hydrogen-bond donors (Lipinski definition) is 3. The number of ether oxygens (including phenoxy) is 1. The first-order valence-electron chi connectivity index (χ1n) is 8.01. The van der Waals surface area contributed by atoms with Gasteiger partial charge in [0.1, 0.15) is 6.61 Å². The molecule has 0 radical (unpaired) electrons. The van der Waals surface area contributed by atoms with Crippen molar-refractivity contribution in [1.82, 2.24) is 9.97 Å². The Hall–Kier alpha value is -2.41. The molecule has 0 unspecified atom stereocenters. The van der Waals surface area contributed by atoms with Crippen molar-refractivity contribution >= 4 is 18.5 Å². The average molecular weight is 333 g/mol. The number of aromatic nitrogens is 2. The number of allylic oxidation sites excluding steroid dienone is 2. The Morgan fingerprint density at radius 1 is 1.54 bits per heavy atom. The third kappa shape index (κ3) is 7.23. The lowest BCUT2D eigenvalue weighted by Gasteiger charge is -2.19. The van der Waals surface area contributed by atoms with Gasteiger partial charge in [-0.05, 0) is 38.1 Å². The molecule has 0 aliphatic heterocycles. The van der Waals surface area contributed by atoms with Gasteiger partial charge < -0.3 is 20.9 Å². The molecule has 0 amide bonds. The smallest absolute Gasteiger partial charge is 0.222 e. The monoisotopic (exact) mass is 333 g/mol. The lowest BCUT2D eigenvalue weighted by Crippen LogP contribution is -2.22. The third-order valence-electron chi connectivity index (χ3n) is 3.26. The van der Waals surface area contributed by atoms with Gasteiger partial charge in [0.15, 0.2) is 11.6 Å². The van der Waals surface area contributed by atoms with Gasteiger partial charge in [-0.1, -0.05) is 19.4 Å². The zero-order valence-electron chi connectivity index (χ0n) is 14.4. The summed E-state index contributed by atoms with van der Waals surface area (Å²) >= 11 is 0. The van der Waals surface area contributed by atoms with Crippen molar-refractivity contribution in [3.8, 4) is 5.75 Å². The number of nitrogens with one attached hydrogen (secondary N) is 1. The van der Waals surface area contributed by atoms with Crippen LogP contribution >= 0.6 is 0 Å². The fraction of sp³-hybridized carbons (Fsp3) is 0.471. The molecular formula is C17H27N5O2. The summed E-state index contributed by atoms with van der Waals surface area (Å²) in [6.07, 6.45) is 9.40. The first kappa shape index (κ1) is 19.6. The van der Waals surface area contributed by atoms with Crippen molar-refractivity contribution < 1.29 is 9.84 Å². The zero-order chi connectivity index (χ0) is 17.8. The predicted octanol–water partition coefficient (Wildman–Crippen LogP) is 2.56. The van der Waals surface area contributed by atoms with Gasteiger partial charge in [-0.25, -0.2) is 4.98 Å². The molecule has 7 heteroatoms. The van der Waals surface area contributed by atoms with Gasteiger partial charge in [-0.15, -0.1) is 0 Å². The molecule has 4 N–H and O–H groups in total. The molecule has 1 atom stereocenters. The van der Waals surface area contributed by atoms with E-state index in [1.807, 2.05) is 13.0 Å². The summed E-state index contributed by atoms with van der Waals surface area (Å²) in [7, 11) is 0. The molecule has 1 aromatic rings. The van der Waals surface area contributed by atoms with Crippen LogP contribution in [0.4, 0.5) is 11.8 Å². The Balaban J connectivity index is 2.81. The fourth-order valence-corrected chi connectivity index (χ4v) is 2.09. The maximum absolute atomic E-state index is 9.19. The third-order valence-corrected chi connectivity index (χ3v) is 3.26. The van der Waals surface area contributed by atoms with Gasteiger partial charge in [0.25, 0.3) is 0 Å². The first-order chi connectivity index (χ1) is 11.6. The van der Waals surface area contributed by atoms with Gasteiger partial charge in [-0.2, -0.15) is 4.98 Å². The van der Waals surface area contributed by atoms with Crippen molar-refractivity contribution in [2.24, 2.45) is 4.99 Å². The number of hydrogen-bond acceptors (Lipinski definition) is 7. The summed E-state index contributed by atoms with van der Waals surface area (Å²) in [5.74, 6) is 1.25. The fourth-order valence-electron chi connectivity index (χ4n) is 2.09. The Morgan fingerprint density at radius 2 is 2.33 bits per heavy atom. The van der Waals surface area contributed by atoms with Crippen LogP contribution in [0.5, 0.6) is 5.75 Å². The normalized spacial score (nSPS) is 13.0. The molecule has 1 heterocycles. The van der Waals surface area contributed by atoms with Crippen LogP contribution in [0.15, 0.2) is 35.1 Å². The van der Waals surface area contributed by atoms with E-state index in [0.29, 0.717) is 24.6 Å². The Bertz CT molecular complexity index is 566. The molecule has 0 saturated carbocycles. The molecule has 7 nitrogen and oxygen atoms in total. The van der Waals surface area contributed by atoms with Crippen molar-refractivity contribution in [3.05, 3.63) is 30.1 Å². The number of nitrogen functional groups attached to an aromatic ring is 1. The van der Waals surface area contributed by atoms with E-state index in [1.165, 1.54) is 0 Å². The molecule has 0 aliphatic rings. The van der Waals surface area contributed by atoms with Crippen LogP contribution in [0.25, 0.3) is 0 Å². The molecule has 0 bridgehead atoms. The van der Waals surface area contributed by atoms with Crippen LogP contribution in [-0.2, 0) is 0 Å². The molecule has 132 valence electrons. The van der Waals surface area contributed by atoms with Gasteiger partial charge in [0.2, 0.25) is 5.95 Å². The molecule has 1 rings (SSSR count). The Labute approximate surface area is 143 Å². The molecule has 0 saturated heterocycles. The van der Waals surface area contributed by atoms with Crippen LogP contribution in [-0.4, -0.2) is 41.0 Å². The molecule has 0 aromatic carbocycles. The number of rotatable bonds is 11. The number of aliphatic hydroxyl groups is 1. The molecule has 24 heavy (non-hydrogen) atoms. The molecule has 1 aromatic heterocycles. The van der Waals surface area contributed by atoms with Crippen molar-refractivity contribution in [3.63, 3.8) is 0 Å². The number of aliphatic hydroxyl groups excluding tert-OH is 1. The summed E-state index contributed by atoms with van der Waals surface area (Å²) in [5, 5.41) is 12.5. The van der Waals surface area contributed by atoms with Gasteiger partial charge in [0.05, 0.1) is 6.20 Å².